The minimum Gasteiger partial charge on any atom is -0.457 e. The number of Topliss-reactive ketones (excluding diaryl/α,β-unsaturated/α-hetero) is 1. The summed E-state index contributed by atoms with van der Waals surface area (Å²) in [6.07, 6.45) is -5.09. The van der Waals surface area contributed by atoms with E-state index in [1.807, 2.05) is 0 Å². The molecule has 0 aromatic heterocycles. The molecule has 0 N–H and O–H groups in total. The van der Waals surface area contributed by atoms with Crippen LogP contribution in [-0.4, -0.2) is 5.78 Å². The van der Waals surface area contributed by atoms with Crippen molar-refractivity contribution in [2.45, 2.75) is 12.6 Å². The number of halogens is 4. The summed E-state index contributed by atoms with van der Waals surface area (Å²) in [5, 5.41) is 8.49. The second-order valence-electron chi connectivity index (χ2n) is 4.53. The molecule has 0 aliphatic heterocycles. The Morgan fingerprint density at radius 2 is 1.83 bits per heavy atom. The van der Waals surface area contributed by atoms with Crippen LogP contribution in [-0.2, 0) is 6.18 Å². The average molecular weight is 323 g/mol. The first kappa shape index (κ1) is 16.5. The predicted molar refractivity (Wildman–Crippen MR) is 72.5 cm³/mol. The number of hydrogen-bond acceptors (Lipinski definition) is 3. The smallest absolute Gasteiger partial charge is 0.419 e. The van der Waals surface area contributed by atoms with Gasteiger partial charge in [-0.2, -0.15) is 18.4 Å². The monoisotopic (exact) mass is 323 g/mol. The van der Waals surface area contributed by atoms with Crippen LogP contribution in [0.2, 0.25) is 0 Å². The molecule has 0 heterocycles. The Morgan fingerprint density at radius 1 is 1.13 bits per heavy atom. The lowest BCUT2D eigenvalue weighted by atomic mass is 10.1. The lowest BCUT2D eigenvalue weighted by Crippen LogP contribution is -2.07. The Kier molecular flexibility index (Phi) is 4.65. The van der Waals surface area contributed by atoms with Gasteiger partial charge in [0.1, 0.15) is 17.3 Å². The van der Waals surface area contributed by atoms with E-state index in [0.29, 0.717) is 12.1 Å². The van der Waals surface area contributed by atoms with E-state index in [1.165, 1.54) is 24.3 Å². The number of nitriles is 1. The highest BCUT2D eigenvalue weighted by Gasteiger charge is 2.34. The van der Waals surface area contributed by atoms with Crippen molar-refractivity contribution in [1.29, 1.82) is 5.26 Å². The normalized spacial score (nSPS) is 10.9. The Hall–Kier alpha value is -2.88. The zero-order chi connectivity index (χ0) is 17.0. The molecule has 2 aromatic rings. The fourth-order valence-electron chi connectivity index (χ4n) is 1.83. The second-order valence-corrected chi connectivity index (χ2v) is 4.53. The van der Waals surface area contributed by atoms with Gasteiger partial charge in [0.05, 0.1) is 18.1 Å². The Labute approximate surface area is 128 Å². The highest BCUT2D eigenvalue weighted by molar-refractivity contribution is 5.97. The molecule has 118 valence electrons. The van der Waals surface area contributed by atoms with Crippen LogP contribution in [0.5, 0.6) is 11.5 Å². The quantitative estimate of drug-likeness (QED) is 0.603. The zero-order valence-electron chi connectivity index (χ0n) is 11.5. The topological polar surface area (TPSA) is 50.1 Å². The number of hydrogen-bond donors (Lipinski definition) is 0. The van der Waals surface area contributed by atoms with Crippen molar-refractivity contribution in [3.8, 4) is 17.6 Å². The van der Waals surface area contributed by atoms with Gasteiger partial charge in [-0.3, -0.25) is 4.79 Å². The third kappa shape index (κ3) is 4.07. The third-order valence-corrected chi connectivity index (χ3v) is 2.88. The van der Waals surface area contributed by atoms with Crippen LogP contribution in [0, 0.1) is 17.1 Å². The minimum atomic E-state index is -4.79. The molecule has 0 amide bonds. The van der Waals surface area contributed by atoms with Gasteiger partial charge in [0.25, 0.3) is 0 Å². The molecule has 2 aromatic carbocycles. The summed E-state index contributed by atoms with van der Waals surface area (Å²) in [7, 11) is 0. The first-order valence-electron chi connectivity index (χ1n) is 6.36. The van der Waals surface area contributed by atoms with E-state index >= 15 is 0 Å². The van der Waals surface area contributed by atoms with Crippen molar-refractivity contribution in [2.24, 2.45) is 0 Å². The van der Waals surface area contributed by atoms with Gasteiger partial charge in [-0.05, 0) is 24.3 Å². The lowest BCUT2D eigenvalue weighted by molar-refractivity contribution is -0.140. The van der Waals surface area contributed by atoms with Gasteiger partial charge in [-0.25, -0.2) is 4.39 Å². The van der Waals surface area contributed by atoms with Gasteiger partial charge < -0.3 is 4.74 Å². The molecule has 0 radical (unpaired) electrons. The number of carbonyl (C=O) groups excluding carboxylic acids is 1. The molecular weight excluding hydrogens is 314 g/mol. The fraction of sp³-hybridized carbons (Fsp3) is 0.125. The van der Waals surface area contributed by atoms with E-state index < -0.39 is 23.3 Å². The van der Waals surface area contributed by atoms with Gasteiger partial charge in [0, 0.05) is 11.6 Å². The lowest BCUT2D eigenvalue weighted by Gasteiger charge is -2.10. The molecule has 0 spiro atoms. The van der Waals surface area contributed by atoms with E-state index in [1.54, 1.807) is 6.07 Å². The first-order chi connectivity index (χ1) is 10.8. The summed E-state index contributed by atoms with van der Waals surface area (Å²) < 4.78 is 56.2. The van der Waals surface area contributed by atoms with Gasteiger partial charge in [0.15, 0.2) is 5.78 Å². The number of nitrogens with zero attached hydrogens (tertiary/aromatic N) is 1. The van der Waals surface area contributed by atoms with E-state index in [-0.39, 0.29) is 23.5 Å². The van der Waals surface area contributed by atoms with E-state index in [2.05, 4.69) is 0 Å². The van der Waals surface area contributed by atoms with Crippen LogP contribution in [0.1, 0.15) is 22.3 Å². The summed E-state index contributed by atoms with van der Waals surface area (Å²) in [6, 6.07) is 9.64. The van der Waals surface area contributed by atoms with Crippen LogP contribution in [0.3, 0.4) is 0 Å². The third-order valence-electron chi connectivity index (χ3n) is 2.88. The molecule has 0 atom stereocenters. The maximum atomic E-state index is 13.5. The Balaban J connectivity index is 2.23. The van der Waals surface area contributed by atoms with Crippen LogP contribution in [0.15, 0.2) is 42.5 Å². The number of ether oxygens (including phenoxy) is 1. The van der Waals surface area contributed by atoms with Crippen LogP contribution in [0.25, 0.3) is 0 Å². The van der Waals surface area contributed by atoms with Crippen molar-refractivity contribution < 1.29 is 27.1 Å². The highest BCUT2D eigenvalue weighted by atomic mass is 19.4. The molecule has 0 saturated carbocycles. The fourth-order valence-corrected chi connectivity index (χ4v) is 1.83. The molecule has 2 rings (SSSR count). The summed E-state index contributed by atoms with van der Waals surface area (Å²) in [6.45, 7) is 0. The maximum Gasteiger partial charge on any atom is 0.419 e. The largest absolute Gasteiger partial charge is 0.457 e. The van der Waals surface area contributed by atoms with Gasteiger partial charge in [-0.1, -0.05) is 12.1 Å². The molecule has 0 aliphatic carbocycles. The Bertz CT molecular complexity index is 778. The summed E-state index contributed by atoms with van der Waals surface area (Å²) in [5.74, 6) is -1.86. The zero-order valence-corrected chi connectivity index (χ0v) is 11.5. The maximum absolute atomic E-state index is 13.5. The number of benzene rings is 2. The summed E-state index contributed by atoms with van der Waals surface area (Å²) in [5.41, 5.74) is -1.17. The van der Waals surface area contributed by atoms with E-state index in [0.717, 1.165) is 6.07 Å². The number of rotatable bonds is 4. The van der Waals surface area contributed by atoms with Gasteiger partial charge in [-0.15, -0.1) is 0 Å². The van der Waals surface area contributed by atoms with Gasteiger partial charge in [0.2, 0.25) is 0 Å². The second kappa shape index (κ2) is 6.48. The molecule has 0 bridgehead atoms. The van der Waals surface area contributed by atoms with Crippen molar-refractivity contribution in [2.75, 3.05) is 0 Å². The molecule has 0 aliphatic rings. The summed E-state index contributed by atoms with van der Waals surface area (Å²) in [4.78, 5) is 11.6. The average Bonchev–Trinajstić information content (AvgIpc) is 2.46. The first-order valence-corrected chi connectivity index (χ1v) is 6.36. The SMILES string of the molecule is N#CCC(=O)c1cccc(Oc2ccc(C(F)(F)F)c(F)c2)c1. The molecule has 0 unspecified atom stereocenters. The molecule has 23 heavy (non-hydrogen) atoms. The summed E-state index contributed by atoms with van der Waals surface area (Å²) >= 11 is 0. The van der Waals surface area contributed by atoms with Gasteiger partial charge >= 0.3 is 6.18 Å². The number of ketones is 1. The predicted octanol–water partition coefficient (Wildman–Crippen LogP) is 4.73. The molecule has 7 heteroatoms. The molecular formula is C16H9F4NO2. The van der Waals surface area contributed by atoms with Crippen LogP contribution < -0.4 is 4.74 Å². The van der Waals surface area contributed by atoms with Crippen molar-refractivity contribution in [3.05, 3.63) is 59.4 Å². The highest BCUT2D eigenvalue weighted by Crippen LogP contribution is 2.34. The Morgan fingerprint density at radius 3 is 2.43 bits per heavy atom. The van der Waals surface area contributed by atoms with E-state index in [4.69, 9.17) is 10.00 Å². The van der Waals surface area contributed by atoms with Crippen LogP contribution >= 0.6 is 0 Å². The molecule has 0 saturated heterocycles. The van der Waals surface area contributed by atoms with E-state index in [9.17, 15) is 22.4 Å². The van der Waals surface area contributed by atoms with Crippen molar-refractivity contribution >= 4 is 5.78 Å². The standard InChI is InChI=1S/C16H9F4NO2/c17-14-9-12(4-5-13(14)16(18,19)20)23-11-3-1-2-10(8-11)15(22)6-7-21/h1-5,8-9H,6H2. The van der Waals surface area contributed by atoms with Crippen LogP contribution in [0.4, 0.5) is 17.6 Å². The van der Waals surface area contributed by atoms with Crippen molar-refractivity contribution in [3.63, 3.8) is 0 Å². The molecule has 3 nitrogen and oxygen atoms in total. The number of alkyl halides is 3. The molecule has 0 fully saturated rings. The number of carbonyl (C=O) groups is 1. The van der Waals surface area contributed by atoms with Crippen molar-refractivity contribution in [1.82, 2.24) is 0 Å². The minimum absolute atomic E-state index is 0.139.